The lowest BCUT2D eigenvalue weighted by molar-refractivity contribution is -0.274. The van der Waals surface area contributed by atoms with Crippen molar-refractivity contribution in [3.05, 3.63) is 22.7 Å². The molecule has 94 valence electrons. The molecule has 0 radical (unpaired) electrons. The molecule has 1 saturated carbocycles. The lowest BCUT2D eigenvalue weighted by atomic mass is 10.3. The predicted octanol–water partition coefficient (Wildman–Crippen LogP) is 4.14. The lowest BCUT2D eigenvalue weighted by Crippen LogP contribution is -2.17. The maximum atomic E-state index is 12.0. The van der Waals surface area contributed by atoms with Crippen molar-refractivity contribution in [2.24, 2.45) is 5.92 Å². The molecule has 0 aromatic heterocycles. The first-order valence-corrected chi connectivity index (χ1v) is 5.91. The molecule has 0 unspecified atom stereocenters. The van der Waals surface area contributed by atoms with E-state index in [2.05, 4.69) is 20.7 Å². The molecule has 0 heterocycles. The van der Waals surface area contributed by atoms with Crippen LogP contribution in [0.3, 0.4) is 0 Å². The van der Waals surface area contributed by atoms with E-state index in [9.17, 15) is 13.2 Å². The molecule has 0 N–H and O–H groups in total. The van der Waals surface area contributed by atoms with Gasteiger partial charge in [0.25, 0.3) is 0 Å². The van der Waals surface area contributed by atoms with Crippen LogP contribution in [-0.4, -0.2) is 13.0 Å². The summed E-state index contributed by atoms with van der Waals surface area (Å²) in [4.78, 5) is 0. The number of benzene rings is 1. The average molecular weight is 311 g/mol. The molecular formula is C11H10BrF3O2. The summed E-state index contributed by atoms with van der Waals surface area (Å²) < 4.78 is 45.6. The Morgan fingerprint density at radius 2 is 2.00 bits per heavy atom. The predicted molar refractivity (Wildman–Crippen MR) is 59.0 cm³/mol. The SMILES string of the molecule is FC(F)(F)Oc1ccc(OCC2CC2)c(Br)c1. The summed E-state index contributed by atoms with van der Waals surface area (Å²) in [6, 6.07) is 3.95. The molecule has 1 aromatic carbocycles. The van der Waals surface area contributed by atoms with Crippen molar-refractivity contribution < 1.29 is 22.6 Å². The van der Waals surface area contributed by atoms with Crippen LogP contribution in [0.25, 0.3) is 0 Å². The summed E-state index contributed by atoms with van der Waals surface area (Å²) in [7, 11) is 0. The fraction of sp³-hybridized carbons (Fsp3) is 0.455. The van der Waals surface area contributed by atoms with Crippen LogP contribution in [0.1, 0.15) is 12.8 Å². The molecule has 0 atom stereocenters. The highest BCUT2D eigenvalue weighted by atomic mass is 79.9. The van der Waals surface area contributed by atoms with Gasteiger partial charge in [-0.3, -0.25) is 0 Å². The number of ether oxygens (including phenoxy) is 2. The fourth-order valence-corrected chi connectivity index (χ4v) is 1.76. The zero-order valence-corrected chi connectivity index (χ0v) is 10.3. The van der Waals surface area contributed by atoms with Crippen LogP contribution in [0.2, 0.25) is 0 Å². The minimum Gasteiger partial charge on any atom is -0.492 e. The second kappa shape index (κ2) is 4.76. The molecule has 0 aliphatic heterocycles. The van der Waals surface area contributed by atoms with Gasteiger partial charge in [-0.1, -0.05) is 0 Å². The Kier molecular flexibility index (Phi) is 3.51. The third kappa shape index (κ3) is 4.11. The zero-order valence-electron chi connectivity index (χ0n) is 8.76. The first kappa shape index (κ1) is 12.5. The molecule has 1 fully saturated rings. The topological polar surface area (TPSA) is 18.5 Å². The van der Waals surface area contributed by atoms with Gasteiger partial charge in [-0.25, -0.2) is 0 Å². The highest BCUT2D eigenvalue weighted by Crippen LogP contribution is 2.34. The van der Waals surface area contributed by atoms with E-state index in [1.165, 1.54) is 18.2 Å². The van der Waals surface area contributed by atoms with Crippen molar-refractivity contribution in [1.29, 1.82) is 0 Å². The molecule has 0 bridgehead atoms. The molecular weight excluding hydrogens is 301 g/mol. The third-order valence-electron chi connectivity index (χ3n) is 2.31. The average Bonchev–Trinajstić information content (AvgIpc) is 2.97. The third-order valence-corrected chi connectivity index (χ3v) is 2.93. The van der Waals surface area contributed by atoms with E-state index in [0.717, 1.165) is 12.8 Å². The summed E-state index contributed by atoms with van der Waals surface area (Å²) >= 11 is 3.15. The van der Waals surface area contributed by atoms with Crippen LogP contribution in [0.15, 0.2) is 22.7 Å². The van der Waals surface area contributed by atoms with Crippen LogP contribution >= 0.6 is 15.9 Å². The Labute approximate surface area is 105 Å². The van der Waals surface area contributed by atoms with Gasteiger partial charge < -0.3 is 9.47 Å². The first-order chi connectivity index (χ1) is 7.94. The quantitative estimate of drug-likeness (QED) is 0.832. The molecule has 2 rings (SSSR count). The Morgan fingerprint density at radius 3 is 2.53 bits per heavy atom. The first-order valence-electron chi connectivity index (χ1n) is 5.12. The highest BCUT2D eigenvalue weighted by Gasteiger charge is 2.31. The minimum absolute atomic E-state index is 0.261. The second-order valence-corrected chi connectivity index (χ2v) is 4.75. The molecule has 6 heteroatoms. The van der Waals surface area contributed by atoms with E-state index >= 15 is 0 Å². The van der Waals surface area contributed by atoms with E-state index in [1.807, 2.05) is 0 Å². The maximum Gasteiger partial charge on any atom is 0.573 e. The Balaban J connectivity index is 1.99. The van der Waals surface area contributed by atoms with Crippen molar-refractivity contribution in [3.63, 3.8) is 0 Å². The van der Waals surface area contributed by atoms with Gasteiger partial charge in [0.15, 0.2) is 0 Å². The lowest BCUT2D eigenvalue weighted by Gasteiger charge is -2.11. The van der Waals surface area contributed by atoms with E-state index in [-0.39, 0.29) is 5.75 Å². The molecule has 1 aromatic rings. The second-order valence-electron chi connectivity index (χ2n) is 3.89. The molecule has 1 aliphatic carbocycles. The number of rotatable bonds is 4. The standard InChI is InChI=1S/C11H10BrF3O2/c12-9-5-8(17-11(13,14)15)3-4-10(9)16-6-7-1-2-7/h3-5,7H,1-2,6H2. The highest BCUT2D eigenvalue weighted by molar-refractivity contribution is 9.10. The van der Waals surface area contributed by atoms with Crippen molar-refractivity contribution in [2.45, 2.75) is 19.2 Å². The van der Waals surface area contributed by atoms with Gasteiger partial charge in [0.05, 0.1) is 11.1 Å². The van der Waals surface area contributed by atoms with Crippen molar-refractivity contribution in [2.75, 3.05) is 6.61 Å². The van der Waals surface area contributed by atoms with Crippen LogP contribution in [-0.2, 0) is 0 Å². The number of hydrogen-bond donors (Lipinski definition) is 0. The number of halogens is 4. The fourth-order valence-electron chi connectivity index (χ4n) is 1.29. The van der Waals surface area contributed by atoms with Gasteiger partial charge >= 0.3 is 6.36 Å². The number of alkyl halides is 3. The molecule has 0 spiro atoms. The van der Waals surface area contributed by atoms with E-state index < -0.39 is 6.36 Å². The maximum absolute atomic E-state index is 12.0. The molecule has 2 nitrogen and oxygen atoms in total. The van der Waals surface area contributed by atoms with Gasteiger partial charge in [0.2, 0.25) is 0 Å². The molecule has 0 saturated heterocycles. The smallest absolute Gasteiger partial charge is 0.492 e. The number of hydrogen-bond acceptors (Lipinski definition) is 2. The van der Waals surface area contributed by atoms with Crippen LogP contribution < -0.4 is 9.47 Å². The Morgan fingerprint density at radius 1 is 1.29 bits per heavy atom. The van der Waals surface area contributed by atoms with Gasteiger partial charge in [0.1, 0.15) is 11.5 Å². The largest absolute Gasteiger partial charge is 0.573 e. The van der Waals surface area contributed by atoms with Crippen LogP contribution in [0.4, 0.5) is 13.2 Å². The molecule has 17 heavy (non-hydrogen) atoms. The van der Waals surface area contributed by atoms with E-state index in [0.29, 0.717) is 22.7 Å². The van der Waals surface area contributed by atoms with Gasteiger partial charge in [-0.2, -0.15) is 0 Å². The summed E-state index contributed by atoms with van der Waals surface area (Å²) in [5, 5.41) is 0. The Hall–Kier alpha value is -0.910. The van der Waals surface area contributed by atoms with Gasteiger partial charge in [0, 0.05) is 0 Å². The Bertz CT molecular complexity index is 402. The zero-order chi connectivity index (χ0) is 12.5. The molecule has 0 amide bonds. The normalized spacial score (nSPS) is 15.8. The summed E-state index contributed by atoms with van der Waals surface area (Å²) in [6.45, 7) is 0.609. The van der Waals surface area contributed by atoms with Crippen LogP contribution in [0, 0.1) is 5.92 Å². The summed E-state index contributed by atoms with van der Waals surface area (Å²) in [6.07, 6.45) is -2.35. The van der Waals surface area contributed by atoms with Crippen molar-refractivity contribution in [3.8, 4) is 11.5 Å². The van der Waals surface area contributed by atoms with Crippen LogP contribution in [0.5, 0.6) is 11.5 Å². The van der Waals surface area contributed by atoms with Crippen molar-refractivity contribution in [1.82, 2.24) is 0 Å². The van der Waals surface area contributed by atoms with Gasteiger partial charge in [-0.15, -0.1) is 13.2 Å². The summed E-state index contributed by atoms with van der Waals surface area (Å²) in [5.41, 5.74) is 0. The minimum atomic E-state index is -4.67. The van der Waals surface area contributed by atoms with E-state index in [1.54, 1.807) is 0 Å². The van der Waals surface area contributed by atoms with Gasteiger partial charge in [-0.05, 0) is 52.9 Å². The van der Waals surface area contributed by atoms with Crippen molar-refractivity contribution >= 4 is 15.9 Å². The monoisotopic (exact) mass is 310 g/mol. The summed E-state index contributed by atoms with van der Waals surface area (Å²) in [5.74, 6) is 0.863. The van der Waals surface area contributed by atoms with E-state index in [4.69, 9.17) is 4.74 Å². The molecule has 1 aliphatic rings.